The fourth-order valence-electron chi connectivity index (χ4n) is 7.48. The van der Waals surface area contributed by atoms with Crippen LogP contribution in [0.1, 0.15) is 114 Å². The summed E-state index contributed by atoms with van der Waals surface area (Å²) < 4.78 is 21.6. The van der Waals surface area contributed by atoms with Crippen molar-refractivity contribution in [2.45, 2.75) is 75.5 Å². The summed E-state index contributed by atoms with van der Waals surface area (Å²) in [6, 6.07) is 6.43. The summed E-state index contributed by atoms with van der Waals surface area (Å²) in [5, 5.41) is 17.4. The Morgan fingerprint density at radius 1 is 0.468 bits per heavy atom. The van der Waals surface area contributed by atoms with E-state index in [0.29, 0.717) is 51.4 Å². The fourth-order valence-corrected chi connectivity index (χ4v) is 7.48. The minimum Gasteiger partial charge on any atom is -0.496 e. The smallest absolute Gasteiger partial charge is 0.270 e. The lowest BCUT2D eigenvalue weighted by Crippen LogP contribution is -2.44. The lowest BCUT2D eigenvalue weighted by Gasteiger charge is -2.30. The fraction of sp³-hybridized carbons (Fsp3) is 0.476. The number of benzene rings is 2. The van der Waals surface area contributed by atoms with Gasteiger partial charge in [0, 0.05) is 68.5 Å². The summed E-state index contributed by atoms with van der Waals surface area (Å²) in [7, 11) is 5.68. The Labute approximate surface area is 359 Å². The zero-order valence-corrected chi connectivity index (χ0v) is 35.4. The van der Waals surface area contributed by atoms with Crippen LogP contribution >= 0.6 is 0 Å². The summed E-state index contributed by atoms with van der Waals surface area (Å²) in [5.74, 6) is -1.61. The van der Waals surface area contributed by atoms with Gasteiger partial charge in [-0.1, -0.05) is 0 Å². The molecule has 20 heteroatoms. The molecule has 2 aliphatic rings. The van der Waals surface area contributed by atoms with Crippen molar-refractivity contribution >= 4 is 35.4 Å². The van der Waals surface area contributed by atoms with Crippen molar-refractivity contribution in [3.63, 3.8) is 0 Å². The normalized spacial score (nSPS) is 18.3. The number of ether oxygens (including phenoxy) is 4. The molecule has 1 heterocycles. The molecule has 5 rings (SSSR count). The number of nitrogens with one attached hydrogen (secondary N) is 6. The maximum absolute atomic E-state index is 13.4. The maximum Gasteiger partial charge on any atom is 0.270 e. The first-order chi connectivity index (χ1) is 29.9. The molecule has 2 aromatic carbocycles. The first-order valence-electron chi connectivity index (χ1n) is 20.5. The molecule has 20 nitrogen and oxygen atoms in total. The molecule has 0 unspecified atom stereocenters. The molecule has 2 fully saturated rings. The molecule has 62 heavy (non-hydrogen) atoms. The standard InChI is InChI=1S/C42H56N10O10/c1-59-33-20-35(61-3)29(17-27(33)37(53)45-15-13-43)39(55)49-23-5-9-25(10-6-23)51-41(57)31-19-32(48-22-47-31)42(58)52-26-11-7-24(8-12-26)50-40(56)30-18-28(38(54)46-16-14-44)34(60-2)21-36(30)62-4/h17-26H,5-16,43-44H2,1-4H3,(H,45,53)(H,46,54)(H,49,55)(H,50,56)(H,51,57)(H,52,58). The molecule has 6 amide bonds. The highest BCUT2D eigenvalue weighted by Crippen LogP contribution is 2.32. The molecule has 1 aromatic heterocycles. The van der Waals surface area contributed by atoms with Crippen LogP contribution in [0.4, 0.5) is 0 Å². The first kappa shape index (κ1) is 46.5. The van der Waals surface area contributed by atoms with Crippen molar-refractivity contribution < 1.29 is 47.7 Å². The molecule has 0 bridgehead atoms. The quantitative estimate of drug-likeness (QED) is 0.0880. The van der Waals surface area contributed by atoms with Crippen LogP contribution in [0.5, 0.6) is 23.0 Å². The summed E-state index contributed by atoms with van der Waals surface area (Å²) in [5.41, 5.74) is 11.8. The highest BCUT2D eigenvalue weighted by molar-refractivity contribution is 6.04. The van der Waals surface area contributed by atoms with Crippen LogP contribution in [0.25, 0.3) is 0 Å². The third-order valence-corrected chi connectivity index (χ3v) is 10.8. The van der Waals surface area contributed by atoms with Crippen LogP contribution in [0, 0.1) is 0 Å². The van der Waals surface area contributed by atoms with Crippen molar-refractivity contribution in [1.82, 2.24) is 41.9 Å². The number of aromatic nitrogens is 2. The molecule has 0 atom stereocenters. The van der Waals surface area contributed by atoms with Crippen molar-refractivity contribution in [3.05, 3.63) is 70.3 Å². The second-order valence-corrected chi connectivity index (χ2v) is 14.9. The zero-order valence-electron chi connectivity index (χ0n) is 35.4. The predicted molar refractivity (Wildman–Crippen MR) is 226 cm³/mol. The average molecular weight is 861 g/mol. The van der Waals surface area contributed by atoms with E-state index in [4.69, 9.17) is 30.4 Å². The molecular weight excluding hydrogens is 805 g/mol. The summed E-state index contributed by atoms with van der Waals surface area (Å²) >= 11 is 0. The summed E-state index contributed by atoms with van der Waals surface area (Å²) in [6.07, 6.45) is 5.78. The number of carbonyl (C=O) groups is 6. The Morgan fingerprint density at radius 2 is 0.758 bits per heavy atom. The molecular formula is C42H56N10O10. The van der Waals surface area contributed by atoms with E-state index in [1.807, 2.05) is 0 Å². The molecule has 0 aliphatic heterocycles. The number of nitrogens with zero attached hydrogens (tertiary/aromatic N) is 2. The minimum atomic E-state index is -0.453. The van der Waals surface area contributed by atoms with Crippen LogP contribution in [-0.2, 0) is 0 Å². The van der Waals surface area contributed by atoms with Gasteiger partial charge in [0.25, 0.3) is 35.4 Å². The molecule has 0 spiro atoms. The molecule has 334 valence electrons. The molecule has 3 aromatic rings. The van der Waals surface area contributed by atoms with E-state index in [9.17, 15) is 28.8 Å². The third-order valence-electron chi connectivity index (χ3n) is 10.8. The van der Waals surface area contributed by atoms with Gasteiger partial charge in [0.1, 0.15) is 40.7 Å². The monoisotopic (exact) mass is 860 g/mol. The molecule has 0 saturated heterocycles. The third kappa shape index (κ3) is 11.8. The highest BCUT2D eigenvalue weighted by atomic mass is 16.5. The van der Waals surface area contributed by atoms with Crippen molar-refractivity contribution in [2.75, 3.05) is 54.6 Å². The van der Waals surface area contributed by atoms with Gasteiger partial charge in [-0.3, -0.25) is 28.8 Å². The van der Waals surface area contributed by atoms with Crippen molar-refractivity contribution in [2.24, 2.45) is 11.5 Å². The van der Waals surface area contributed by atoms with Gasteiger partial charge in [-0.25, -0.2) is 9.97 Å². The van der Waals surface area contributed by atoms with Crippen LogP contribution in [0.2, 0.25) is 0 Å². The van der Waals surface area contributed by atoms with E-state index in [2.05, 4.69) is 41.9 Å². The van der Waals surface area contributed by atoms with Gasteiger partial charge in [0.15, 0.2) is 0 Å². The maximum atomic E-state index is 13.4. The lowest BCUT2D eigenvalue weighted by molar-refractivity contribution is 0.0882. The Balaban J connectivity index is 1.09. The Bertz CT molecular complexity index is 1960. The number of hydrogen-bond donors (Lipinski definition) is 8. The number of carbonyl (C=O) groups excluding carboxylic acids is 6. The van der Waals surface area contributed by atoms with Gasteiger partial charge in [-0.15, -0.1) is 0 Å². The SMILES string of the molecule is COc1cc(OC)c(C(=O)NC2CCC(NC(=O)c3cc(C(=O)NC4CCC(NC(=O)c5cc(C(=O)NCCN)c(OC)cc5OC)CC4)ncn3)CC2)cc1C(=O)NCCN. The van der Waals surface area contributed by atoms with Gasteiger partial charge in [0.05, 0.1) is 50.7 Å². The van der Waals surface area contributed by atoms with E-state index in [1.165, 1.54) is 65.1 Å². The Kier molecular flexibility index (Phi) is 16.8. The van der Waals surface area contributed by atoms with E-state index >= 15 is 0 Å². The van der Waals surface area contributed by atoms with E-state index in [0.717, 1.165) is 0 Å². The van der Waals surface area contributed by atoms with Gasteiger partial charge >= 0.3 is 0 Å². The van der Waals surface area contributed by atoms with Gasteiger partial charge in [-0.05, 0) is 63.5 Å². The Morgan fingerprint density at radius 3 is 1.05 bits per heavy atom. The topological polar surface area (TPSA) is 289 Å². The molecule has 10 N–H and O–H groups in total. The van der Waals surface area contributed by atoms with Crippen molar-refractivity contribution in [1.29, 1.82) is 0 Å². The number of methoxy groups -OCH3 is 4. The van der Waals surface area contributed by atoms with Crippen LogP contribution in [-0.4, -0.2) is 124 Å². The molecule has 2 saturated carbocycles. The van der Waals surface area contributed by atoms with Gasteiger partial charge in [0.2, 0.25) is 0 Å². The number of hydrogen-bond acceptors (Lipinski definition) is 14. The van der Waals surface area contributed by atoms with E-state index in [-0.39, 0.29) is 107 Å². The van der Waals surface area contributed by atoms with E-state index < -0.39 is 35.4 Å². The summed E-state index contributed by atoms with van der Waals surface area (Å²) in [6.45, 7) is 1.01. The van der Waals surface area contributed by atoms with Crippen LogP contribution < -0.4 is 62.3 Å². The molecule has 0 radical (unpaired) electrons. The van der Waals surface area contributed by atoms with Crippen LogP contribution in [0.3, 0.4) is 0 Å². The zero-order chi connectivity index (χ0) is 44.8. The summed E-state index contributed by atoms with van der Waals surface area (Å²) in [4.78, 5) is 87.0. The average Bonchev–Trinajstić information content (AvgIpc) is 3.30. The van der Waals surface area contributed by atoms with Gasteiger partial charge < -0.3 is 62.3 Å². The Hall–Kier alpha value is -6.54. The largest absolute Gasteiger partial charge is 0.496 e. The number of nitrogens with two attached hydrogens (primary N) is 2. The second kappa shape index (κ2) is 22.3. The van der Waals surface area contributed by atoms with Crippen LogP contribution in [0.15, 0.2) is 36.7 Å². The lowest BCUT2D eigenvalue weighted by atomic mass is 9.90. The van der Waals surface area contributed by atoms with Crippen molar-refractivity contribution in [3.8, 4) is 23.0 Å². The number of amides is 6. The second-order valence-electron chi connectivity index (χ2n) is 14.9. The molecule has 2 aliphatic carbocycles. The highest BCUT2D eigenvalue weighted by Gasteiger charge is 2.29. The number of rotatable bonds is 18. The van der Waals surface area contributed by atoms with Gasteiger partial charge in [-0.2, -0.15) is 0 Å². The minimum absolute atomic E-state index is 0.0406. The predicted octanol–water partition coefficient (Wildman–Crippen LogP) is 0.830. The van der Waals surface area contributed by atoms with E-state index in [1.54, 1.807) is 0 Å². The first-order valence-corrected chi connectivity index (χ1v) is 20.5.